The van der Waals surface area contributed by atoms with Crippen LogP contribution in [-0.2, 0) is 4.74 Å². The molecule has 2 aliphatic rings. The van der Waals surface area contributed by atoms with Crippen molar-refractivity contribution in [3.63, 3.8) is 0 Å². The van der Waals surface area contributed by atoms with Gasteiger partial charge in [-0.15, -0.1) is 0 Å². The van der Waals surface area contributed by atoms with Crippen molar-refractivity contribution in [1.29, 1.82) is 0 Å². The fourth-order valence-corrected chi connectivity index (χ4v) is 3.99. The van der Waals surface area contributed by atoms with Crippen molar-refractivity contribution < 1.29 is 20.1 Å². The van der Waals surface area contributed by atoms with Gasteiger partial charge in [-0.1, -0.05) is 25.7 Å². The Hall–Kier alpha value is -1.74. The van der Waals surface area contributed by atoms with Crippen molar-refractivity contribution in [3.8, 4) is 0 Å². The first kappa shape index (κ1) is 17.7. The number of fused-ring (bicyclic) bond motifs is 1. The first-order valence-electron chi connectivity index (χ1n) is 9.39. The molecule has 1 aliphatic carbocycles. The highest BCUT2D eigenvalue weighted by Gasteiger charge is 2.44. The van der Waals surface area contributed by atoms with Crippen molar-refractivity contribution in [2.45, 2.75) is 69.1 Å². The molecule has 2 fully saturated rings. The largest absolute Gasteiger partial charge is 0.394 e. The third-order valence-electron chi connectivity index (χ3n) is 5.47. The lowest BCUT2D eigenvalue weighted by molar-refractivity contribution is -0.0511. The van der Waals surface area contributed by atoms with E-state index in [4.69, 9.17) is 4.74 Å². The molecule has 0 amide bonds. The van der Waals surface area contributed by atoms with E-state index in [9.17, 15) is 15.3 Å². The molecule has 0 radical (unpaired) electrons. The van der Waals surface area contributed by atoms with Gasteiger partial charge in [0, 0.05) is 12.2 Å². The highest BCUT2D eigenvalue weighted by molar-refractivity contribution is 5.85. The van der Waals surface area contributed by atoms with Crippen LogP contribution in [0, 0.1) is 0 Å². The number of aromatic nitrogens is 3. The Bertz CT molecular complexity index is 744. The zero-order valence-corrected chi connectivity index (χ0v) is 14.7. The lowest BCUT2D eigenvalue weighted by Crippen LogP contribution is -2.33. The first-order chi connectivity index (χ1) is 12.7. The molecule has 2 aromatic rings. The normalized spacial score (nSPS) is 30.6. The Morgan fingerprint density at radius 2 is 1.88 bits per heavy atom. The third-order valence-corrected chi connectivity index (χ3v) is 5.47. The quantitative estimate of drug-likeness (QED) is 0.604. The summed E-state index contributed by atoms with van der Waals surface area (Å²) in [5.74, 6) is 0. The van der Waals surface area contributed by atoms with Gasteiger partial charge >= 0.3 is 0 Å². The summed E-state index contributed by atoms with van der Waals surface area (Å²) in [4.78, 5) is 8.86. The number of imidazole rings is 1. The molecule has 8 nitrogen and oxygen atoms in total. The van der Waals surface area contributed by atoms with Crippen LogP contribution in [0.15, 0.2) is 18.6 Å². The van der Waals surface area contributed by atoms with Crippen LogP contribution in [0.2, 0.25) is 0 Å². The number of hydrogen-bond acceptors (Lipinski definition) is 7. The average molecular weight is 362 g/mol. The molecular weight excluding hydrogens is 336 g/mol. The molecule has 0 aromatic carbocycles. The van der Waals surface area contributed by atoms with Gasteiger partial charge in [-0.3, -0.25) is 4.57 Å². The van der Waals surface area contributed by atoms with Crippen LogP contribution < -0.4 is 5.32 Å². The molecule has 2 aromatic heterocycles. The summed E-state index contributed by atoms with van der Waals surface area (Å²) >= 11 is 0. The fourth-order valence-electron chi connectivity index (χ4n) is 3.99. The Morgan fingerprint density at radius 3 is 2.58 bits per heavy atom. The van der Waals surface area contributed by atoms with Gasteiger partial charge in [-0.05, 0) is 18.9 Å². The van der Waals surface area contributed by atoms with Gasteiger partial charge in [0.2, 0.25) is 0 Å². The van der Waals surface area contributed by atoms with E-state index in [1.807, 2.05) is 6.07 Å². The van der Waals surface area contributed by atoms with Crippen LogP contribution in [0.3, 0.4) is 0 Å². The van der Waals surface area contributed by atoms with Crippen LogP contribution in [0.5, 0.6) is 0 Å². The maximum absolute atomic E-state index is 10.3. The Morgan fingerprint density at radius 1 is 1.12 bits per heavy atom. The van der Waals surface area contributed by atoms with Crippen molar-refractivity contribution in [2.24, 2.45) is 0 Å². The van der Waals surface area contributed by atoms with Gasteiger partial charge in [0.25, 0.3) is 0 Å². The summed E-state index contributed by atoms with van der Waals surface area (Å²) in [6, 6.07) is 2.35. The average Bonchev–Trinajstić information content (AvgIpc) is 3.08. The molecule has 8 heteroatoms. The van der Waals surface area contributed by atoms with Crippen LogP contribution in [-0.4, -0.2) is 60.8 Å². The molecule has 4 atom stereocenters. The SMILES string of the molecule is OC[C@H]1OC(n2cnc3c(NC4CCCCCC4)ccnc32)[C@H](O)[C@@H]1O. The predicted molar refractivity (Wildman–Crippen MR) is 95.7 cm³/mol. The van der Waals surface area contributed by atoms with Gasteiger partial charge in [0.05, 0.1) is 18.6 Å². The van der Waals surface area contributed by atoms with Crippen LogP contribution >= 0.6 is 0 Å². The zero-order chi connectivity index (χ0) is 18.1. The summed E-state index contributed by atoms with van der Waals surface area (Å²) in [5.41, 5.74) is 2.22. The van der Waals surface area contributed by atoms with Crippen molar-refractivity contribution >= 4 is 16.9 Å². The molecule has 1 aliphatic heterocycles. The van der Waals surface area contributed by atoms with Gasteiger partial charge < -0.3 is 25.4 Å². The standard InChI is InChI=1S/C18H26N4O4/c23-9-13-15(24)16(25)18(26-13)22-10-20-14-12(7-8-19-17(14)22)21-11-5-3-1-2-4-6-11/h7-8,10-11,13,15-16,18,23-25H,1-6,9H2,(H,19,21)/t13-,15-,16-,18?/m1/s1. The first-order valence-corrected chi connectivity index (χ1v) is 9.39. The summed E-state index contributed by atoms with van der Waals surface area (Å²) in [6.45, 7) is -0.358. The number of hydrogen-bond donors (Lipinski definition) is 4. The van der Waals surface area contributed by atoms with E-state index in [1.54, 1.807) is 17.1 Å². The summed E-state index contributed by atoms with van der Waals surface area (Å²) in [5, 5.41) is 33.2. The maximum Gasteiger partial charge on any atom is 0.165 e. The number of nitrogens with zero attached hydrogens (tertiary/aromatic N) is 3. The Labute approximate surface area is 151 Å². The van der Waals surface area contributed by atoms with E-state index >= 15 is 0 Å². The van der Waals surface area contributed by atoms with E-state index in [2.05, 4.69) is 15.3 Å². The predicted octanol–water partition coefficient (Wildman–Crippen LogP) is 1.18. The minimum Gasteiger partial charge on any atom is -0.394 e. The number of pyridine rings is 1. The number of anilines is 1. The highest BCUT2D eigenvalue weighted by Crippen LogP contribution is 2.33. The second-order valence-corrected chi connectivity index (χ2v) is 7.24. The van der Waals surface area contributed by atoms with E-state index in [-0.39, 0.29) is 6.61 Å². The molecule has 4 rings (SSSR count). The fraction of sp³-hybridized carbons (Fsp3) is 0.667. The van der Waals surface area contributed by atoms with Crippen molar-refractivity contribution in [3.05, 3.63) is 18.6 Å². The summed E-state index contributed by atoms with van der Waals surface area (Å²) < 4.78 is 7.23. The number of rotatable bonds is 4. The smallest absolute Gasteiger partial charge is 0.165 e. The molecule has 26 heavy (non-hydrogen) atoms. The maximum atomic E-state index is 10.3. The molecule has 3 heterocycles. The molecular formula is C18H26N4O4. The molecule has 0 spiro atoms. The monoisotopic (exact) mass is 362 g/mol. The molecule has 1 saturated carbocycles. The molecule has 1 unspecified atom stereocenters. The highest BCUT2D eigenvalue weighted by atomic mass is 16.6. The van der Waals surface area contributed by atoms with E-state index in [0.29, 0.717) is 11.7 Å². The van der Waals surface area contributed by atoms with Crippen LogP contribution in [0.1, 0.15) is 44.8 Å². The molecule has 0 bridgehead atoms. The van der Waals surface area contributed by atoms with E-state index < -0.39 is 24.5 Å². The minimum absolute atomic E-state index is 0.358. The van der Waals surface area contributed by atoms with Gasteiger partial charge in [0.1, 0.15) is 23.8 Å². The minimum atomic E-state index is -1.15. The third kappa shape index (κ3) is 3.18. The topological polar surface area (TPSA) is 113 Å². The Balaban J connectivity index is 1.61. The second kappa shape index (κ2) is 7.48. The van der Waals surface area contributed by atoms with Gasteiger partial charge in [-0.25, -0.2) is 9.97 Å². The lowest BCUT2D eigenvalue weighted by atomic mass is 10.1. The second-order valence-electron chi connectivity index (χ2n) is 7.24. The van der Waals surface area contributed by atoms with Crippen LogP contribution in [0.25, 0.3) is 11.2 Å². The number of aliphatic hydroxyl groups is 3. The number of nitrogens with one attached hydrogen (secondary N) is 1. The molecule has 4 N–H and O–H groups in total. The van der Waals surface area contributed by atoms with Crippen molar-refractivity contribution in [2.75, 3.05) is 11.9 Å². The zero-order valence-electron chi connectivity index (χ0n) is 14.7. The van der Waals surface area contributed by atoms with E-state index in [1.165, 1.54) is 25.7 Å². The Kier molecular flexibility index (Phi) is 5.08. The van der Waals surface area contributed by atoms with Gasteiger partial charge in [-0.2, -0.15) is 0 Å². The van der Waals surface area contributed by atoms with Crippen molar-refractivity contribution in [1.82, 2.24) is 14.5 Å². The van der Waals surface area contributed by atoms with Gasteiger partial charge in [0.15, 0.2) is 11.9 Å². The van der Waals surface area contributed by atoms with E-state index in [0.717, 1.165) is 24.0 Å². The molecule has 1 saturated heterocycles. The lowest BCUT2D eigenvalue weighted by Gasteiger charge is -2.19. The van der Waals surface area contributed by atoms with Crippen LogP contribution in [0.4, 0.5) is 5.69 Å². The summed E-state index contributed by atoms with van der Waals surface area (Å²) in [6.07, 6.45) is 6.71. The number of ether oxygens (including phenoxy) is 1. The molecule has 142 valence electrons. The summed E-state index contributed by atoms with van der Waals surface area (Å²) in [7, 11) is 0. The number of aliphatic hydroxyl groups excluding tert-OH is 3.